The van der Waals surface area contributed by atoms with Gasteiger partial charge in [0.25, 0.3) is 5.91 Å². The molecule has 0 unspecified atom stereocenters. The molecule has 3 aromatic rings. The summed E-state index contributed by atoms with van der Waals surface area (Å²) in [6, 6.07) is 16.5. The Hall–Kier alpha value is -4.55. The van der Waals surface area contributed by atoms with E-state index in [-0.39, 0.29) is 24.5 Å². The smallest absolute Gasteiger partial charge is 0.338 e. The van der Waals surface area contributed by atoms with Crippen molar-refractivity contribution in [3.05, 3.63) is 98.1 Å². The molecule has 3 N–H and O–H groups in total. The van der Waals surface area contributed by atoms with Gasteiger partial charge in [0.1, 0.15) is 12.4 Å². The van der Waals surface area contributed by atoms with Crippen LogP contribution in [0.1, 0.15) is 36.6 Å². The number of halogens is 2. The molecule has 0 fully saturated rings. The molecule has 1 aliphatic heterocycles. The van der Waals surface area contributed by atoms with Crippen LogP contribution in [0.3, 0.4) is 0 Å². The van der Waals surface area contributed by atoms with Crippen LogP contribution < -0.4 is 30.3 Å². The molecule has 3 amide bonds. The molecule has 1 atom stereocenters. The molecular formula is C31H30BrClN4O7. The summed E-state index contributed by atoms with van der Waals surface area (Å²) in [5.41, 5.74) is 5.17. The van der Waals surface area contributed by atoms with E-state index in [2.05, 4.69) is 37.1 Å². The normalized spacial score (nSPS) is 14.5. The monoisotopic (exact) mass is 684 g/mol. The van der Waals surface area contributed by atoms with Crippen molar-refractivity contribution >= 4 is 51.7 Å². The van der Waals surface area contributed by atoms with E-state index in [9.17, 15) is 14.4 Å². The highest BCUT2D eigenvalue weighted by Crippen LogP contribution is 2.34. The number of carbonyl (C=O) groups is 3. The van der Waals surface area contributed by atoms with Crippen molar-refractivity contribution in [2.45, 2.75) is 26.5 Å². The van der Waals surface area contributed by atoms with Gasteiger partial charge in [-0.15, -0.1) is 0 Å². The van der Waals surface area contributed by atoms with Crippen LogP contribution in [0, 0.1) is 0 Å². The van der Waals surface area contributed by atoms with E-state index in [1.807, 2.05) is 24.3 Å². The fraction of sp³-hybridized carbons (Fsp3) is 0.226. The third-order valence-corrected chi connectivity index (χ3v) is 7.08. The Morgan fingerprint density at radius 2 is 1.80 bits per heavy atom. The molecule has 13 heteroatoms. The van der Waals surface area contributed by atoms with Crippen molar-refractivity contribution in [1.82, 2.24) is 16.1 Å². The Balaban J connectivity index is 1.39. The van der Waals surface area contributed by atoms with Crippen LogP contribution in [0.25, 0.3) is 0 Å². The van der Waals surface area contributed by atoms with Crippen LogP contribution in [-0.4, -0.2) is 44.4 Å². The molecular weight excluding hydrogens is 656 g/mol. The average molecular weight is 686 g/mol. The predicted molar refractivity (Wildman–Crippen MR) is 168 cm³/mol. The van der Waals surface area contributed by atoms with Crippen molar-refractivity contribution < 1.29 is 33.3 Å². The maximum absolute atomic E-state index is 12.6. The zero-order valence-electron chi connectivity index (χ0n) is 24.1. The quantitative estimate of drug-likeness (QED) is 0.132. The zero-order chi connectivity index (χ0) is 31.6. The molecule has 11 nitrogen and oxygen atoms in total. The second-order valence-corrected chi connectivity index (χ2v) is 10.7. The summed E-state index contributed by atoms with van der Waals surface area (Å²) in [4.78, 5) is 37.3. The molecule has 1 heterocycles. The minimum Gasteiger partial charge on any atom is -0.493 e. The number of nitrogens with one attached hydrogen (secondary N) is 3. The first-order chi connectivity index (χ1) is 21.2. The summed E-state index contributed by atoms with van der Waals surface area (Å²) in [6.07, 6.45) is 1.43. The SMILES string of the molecule is CCOC(=O)C1=C(C)NC(=O)N[C@H]1c1ccc(OCC(=O)N/N=C/c2cc(Cl)ccc2OCc2ccc(Br)cc2)c(OC)c1. The molecule has 0 radical (unpaired) electrons. The Morgan fingerprint density at radius 3 is 2.52 bits per heavy atom. The van der Waals surface area contributed by atoms with E-state index < -0.39 is 23.9 Å². The number of allylic oxidation sites excluding steroid dienone is 1. The molecule has 44 heavy (non-hydrogen) atoms. The van der Waals surface area contributed by atoms with E-state index in [1.54, 1.807) is 50.2 Å². The first-order valence-electron chi connectivity index (χ1n) is 13.4. The van der Waals surface area contributed by atoms with Crippen LogP contribution in [0.2, 0.25) is 5.02 Å². The van der Waals surface area contributed by atoms with Crippen LogP contribution in [-0.2, 0) is 20.9 Å². The van der Waals surface area contributed by atoms with Crippen molar-refractivity contribution in [2.24, 2.45) is 5.10 Å². The van der Waals surface area contributed by atoms with Gasteiger partial charge in [-0.1, -0.05) is 45.7 Å². The fourth-order valence-corrected chi connectivity index (χ4v) is 4.69. The van der Waals surface area contributed by atoms with E-state index >= 15 is 0 Å². The van der Waals surface area contributed by atoms with Crippen LogP contribution in [0.15, 0.2) is 81.5 Å². The van der Waals surface area contributed by atoms with Gasteiger partial charge in [0, 0.05) is 20.8 Å². The van der Waals surface area contributed by atoms with E-state index in [1.165, 1.54) is 13.3 Å². The van der Waals surface area contributed by atoms with Gasteiger partial charge < -0.3 is 29.6 Å². The summed E-state index contributed by atoms with van der Waals surface area (Å²) in [5, 5.41) is 9.82. The fourth-order valence-electron chi connectivity index (χ4n) is 4.25. The molecule has 0 bridgehead atoms. The molecule has 0 aromatic heterocycles. The number of nitrogens with zero attached hydrogens (tertiary/aromatic N) is 1. The molecule has 0 spiro atoms. The first-order valence-corrected chi connectivity index (χ1v) is 14.6. The van der Waals surface area contributed by atoms with Gasteiger partial charge in [-0.2, -0.15) is 5.10 Å². The van der Waals surface area contributed by atoms with Gasteiger partial charge in [0.2, 0.25) is 0 Å². The standard InChI is InChI=1S/C31H30BrClN4O7/c1-4-42-30(39)28-18(2)35-31(40)36-29(28)20-7-11-25(26(14-20)41-3)44-17-27(38)37-34-15-21-13-23(33)10-12-24(21)43-16-19-5-8-22(32)9-6-19/h5-15,29H,4,16-17H2,1-3H3,(H,37,38)(H2,35,36,40)/b34-15+/t29-/m0/s1. The van der Waals surface area contributed by atoms with Crippen molar-refractivity contribution in [3.8, 4) is 17.2 Å². The number of amides is 3. The van der Waals surface area contributed by atoms with Crippen molar-refractivity contribution in [1.29, 1.82) is 0 Å². The minimum atomic E-state index is -0.779. The van der Waals surface area contributed by atoms with Gasteiger partial charge in [0.15, 0.2) is 18.1 Å². The van der Waals surface area contributed by atoms with Gasteiger partial charge in [0.05, 0.1) is 31.5 Å². The number of rotatable bonds is 12. The highest BCUT2D eigenvalue weighted by atomic mass is 79.9. The lowest BCUT2D eigenvalue weighted by Crippen LogP contribution is -2.45. The third kappa shape index (κ3) is 8.51. The largest absolute Gasteiger partial charge is 0.493 e. The highest BCUT2D eigenvalue weighted by Gasteiger charge is 2.32. The van der Waals surface area contributed by atoms with Gasteiger partial charge >= 0.3 is 12.0 Å². The lowest BCUT2D eigenvalue weighted by molar-refractivity contribution is -0.139. The van der Waals surface area contributed by atoms with Crippen molar-refractivity contribution in [2.75, 3.05) is 20.3 Å². The summed E-state index contributed by atoms with van der Waals surface area (Å²) in [5.74, 6) is 0.0181. The number of methoxy groups -OCH3 is 1. The van der Waals surface area contributed by atoms with E-state index in [0.29, 0.717) is 40.0 Å². The summed E-state index contributed by atoms with van der Waals surface area (Å²) < 4.78 is 23.2. The maximum Gasteiger partial charge on any atom is 0.338 e. The number of esters is 1. The predicted octanol–water partition coefficient (Wildman–Crippen LogP) is 5.41. The lowest BCUT2D eigenvalue weighted by Gasteiger charge is -2.28. The number of hydrogen-bond acceptors (Lipinski definition) is 8. The van der Waals surface area contributed by atoms with Gasteiger partial charge in [-0.05, 0) is 67.4 Å². The van der Waals surface area contributed by atoms with E-state index in [0.717, 1.165) is 10.0 Å². The molecule has 4 rings (SSSR count). The number of hydrazone groups is 1. The Labute approximate surface area is 267 Å². The van der Waals surface area contributed by atoms with Crippen molar-refractivity contribution in [3.63, 3.8) is 0 Å². The zero-order valence-corrected chi connectivity index (χ0v) is 26.5. The molecule has 0 aliphatic carbocycles. The van der Waals surface area contributed by atoms with Gasteiger partial charge in [-0.3, -0.25) is 4.79 Å². The molecule has 1 aliphatic rings. The van der Waals surface area contributed by atoms with Crippen LogP contribution in [0.4, 0.5) is 4.79 Å². The number of urea groups is 1. The number of hydrogen-bond donors (Lipinski definition) is 3. The number of ether oxygens (including phenoxy) is 4. The molecule has 3 aromatic carbocycles. The molecule has 230 valence electrons. The maximum atomic E-state index is 12.6. The second kappa shape index (κ2) is 15.3. The first kappa shape index (κ1) is 32.4. The van der Waals surface area contributed by atoms with Crippen LogP contribution in [0.5, 0.6) is 17.2 Å². The summed E-state index contributed by atoms with van der Waals surface area (Å²) in [6.45, 7) is 3.47. The van der Waals surface area contributed by atoms with E-state index in [4.69, 9.17) is 30.5 Å². The highest BCUT2D eigenvalue weighted by molar-refractivity contribution is 9.10. The number of benzene rings is 3. The van der Waals surface area contributed by atoms with Gasteiger partial charge in [-0.25, -0.2) is 15.0 Å². The summed E-state index contributed by atoms with van der Waals surface area (Å²) >= 11 is 9.57. The second-order valence-electron chi connectivity index (χ2n) is 9.38. The Bertz CT molecular complexity index is 1590. The molecule has 0 saturated heterocycles. The molecule has 0 saturated carbocycles. The average Bonchev–Trinajstić information content (AvgIpc) is 3.00. The minimum absolute atomic E-state index is 0.180. The Kier molecular flexibility index (Phi) is 11.2. The third-order valence-electron chi connectivity index (χ3n) is 6.32. The Morgan fingerprint density at radius 1 is 1.05 bits per heavy atom. The topological polar surface area (TPSA) is 137 Å². The number of carbonyl (C=O) groups excluding carboxylic acids is 3. The van der Waals surface area contributed by atoms with Crippen LogP contribution >= 0.6 is 27.5 Å². The summed E-state index contributed by atoms with van der Waals surface area (Å²) in [7, 11) is 1.44. The lowest BCUT2D eigenvalue weighted by atomic mass is 9.95.